The number of amides is 1. The minimum Gasteiger partial charge on any atom is -0.456 e. The topological polar surface area (TPSA) is 81.4 Å². The normalized spacial score (nSPS) is 12.7. The molecule has 0 saturated heterocycles. The lowest BCUT2D eigenvalue weighted by Gasteiger charge is -2.08. The van der Waals surface area contributed by atoms with E-state index in [1.54, 1.807) is 0 Å². The molecule has 2 aromatic carbocycles. The number of fused-ring (bicyclic) bond motifs is 2. The average Bonchev–Trinajstić information content (AvgIpc) is 3.30. The maximum absolute atomic E-state index is 12.0. The van der Waals surface area contributed by atoms with E-state index < -0.39 is 5.97 Å². The first-order valence-electron chi connectivity index (χ1n) is 9.09. The number of nitrogens with one attached hydrogen (secondary N) is 1. The third-order valence-corrected chi connectivity index (χ3v) is 4.63. The molecule has 1 aliphatic rings. The second-order valence-electron chi connectivity index (χ2n) is 6.62. The molecule has 6 nitrogen and oxygen atoms in total. The van der Waals surface area contributed by atoms with E-state index in [1.165, 1.54) is 11.1 Å². The molecule has 1 amide bonds. The summed E-state index contributed by atoms with van der Waals surface area (Å²) in [6.07, 6.45) is 3.74. The predicted octanol–water partition coefficient (Wildman–Crippen LogP) is 3.43. The van der Waals surface area contributed by atoms with Crippen molar-refractivity contribution in [2.75, 3.05) is 11.9 Å². The number of aryl methyl sites for hydroxylation is 3. The molecule has 1 heterocycles. The number of nitrogens with zero attached hydrogens (tertiary/aromatic N) is 1. The highest BCUT2D eigenvalue weighted by Crippen LogP contribution is 2.24. The Labute approximate surface area is 156 Å². The zero-order valence-corrected chi connectivity index (χ0v) is 14.9. The zero-order chi connectivity index (χ0) is 18.6. The van der Waals surface area contributed by atoms with Gasteiger partial charge in [0.1, 0.15) is 5.52 Å². The Kier molecular flexibility index (Phi) is 4.87. The third-order valence-electron chi connectivity index (χ3n) is 4.63. The SMILES string of the molecule is O=C(COC(=O)CCc1nc2ccccc2o1)Nc1ccc2c(c1)CCC2. The molecule has 0 radical (unpaired) electrons. The molecule has 138 valence electrons. The van der Waals surface area contributed by atoms with Crippen LogP contribution in [-0.4, -0.2) is 23.5 Å². The Balaban J connectivity index is 1.23. The van der Waals surface area contributed by atoms with E-state index in [4.69, 9.17) is 9.15 Å². The van der Waals surface area contributed by atoms with E-state index in [1.807, 2.05) is 42.5 Å². The van der Waals surface area contributed by atoms with Gasteiger partial charge in [-0.1, -0.05) is 18.2 Å². The van der Waals surface area contributed by atoms with Crippen molar-refractivity contribution in [2.45, 2.75) is 32.1 Å². The van der Waals surface area contributed by atoms with Crippen LogP contribution in [0.15, 0.2) is 46.9 Å². The van der Waals surface area contributed by atoms with Gasteiger partial charge >= 0.3 is 5.97 Å². The molecule has 0 unspecified atom stereocenters. The van der Waals surface area contributed by atoms with Gasteiger partial charge in [0.15, 0.2) is 18.1 Å². The van der Waals surface area contributed by atoms with Gasteiger partial charge in [-0.25, -0.2) is 4.98 Å². The Morgan fingerprint density at radius 2 is 1.96 bits per heavy atom. The number of carbonyl (C=O) groups is 2. The summed E-state index contributed by atoms with van der Waals surface area (Å²) in [7, 11) is 0. The fourth-order valence-corrected chi connectivity index (χ4v) is 3.30. The molecule has 0 fully saturated rings. The van der Waals surface area contributed by atoms with Gasteiger partial charge in [0, 0.05) is 12.1 Å². The highest BCUT2D eigenvalue weighted by molar-refractivity contribution is 5.92. The number of rotatable bonds is 6. The number of aromatic nitrogens is 1. The molecular formula is C21H20N2O4. The first kappa shape index (κ1) is 17.3. The summed E-state index contributed by atoms with van der Waals surface area (Å²) in [5.41, 5.74) is 4.81. The number of hydrogen-bond donors (Lipinski definition) is 1. The minimum absolute atomic E-state index is 0.110. The fraction of sp³-hybridized carbons (Fsp3) is 0.286. The molecule has 1 aliphatic carbocycles. The smallest absolute Gasteiger partial charge is 0.306 e. The van der Waals surface area contributed by atoms with Crippen molar-refractivity contribution in [2.24, 2.45) is 0 Å². The molecule has 27 heavy (non-hydrogen) atoms. The van der Waals surface area contributed by atoms with Crippen molar-refractivity contribution in [1.29, 1.82) is 0 Å². The number of anilines is 1. The minimum atomic E-state index is -0.457. The van der Waals surface area contributed by atoms with Crippen molar-refractivity contribution in [1.82, 2.24) is 4.98 Å². The highest BCUT2D eigenvalue weighted by Gasteiger charge is 2.13. The van der Waals surface area contributed by atoms with Crippen LogP contribution in [0.2, 0.25) is 0 Å². The molecule has 6 heteroatoms. The van der Waals surface area contributed by atoms with E-state index in [-0.39, 0.29) is 18.9 Å². The molecule has 0 atom stereocenters. The van der Waals surface area contributed by atoms with Gasteiger partial charge in [-0.15, -0.1) is 0 Å². The van der Waals surface area contributed by atoms with Crippen molar-refractivity contribution < 1.29 is 18.7 Å². The van der Waals surface area contributed by atoms with Gasteiger partial charge in [-0.2, -0.15) is 0 Å². The first-order chi connectivity index (χ1) is 13.2. The van der Waals surface area contributed by atoms with Crippen LogP contribution in [0.4, 0.5) is 5.69 Å². The number of esters is 1. The monoisotopic (exact) mass is 364 g/mol. The molecule has 0 saturated carbocycles. The van der Waals surface area contributed by atoms with Crippen LogP contribution in [-0.2, 0) is 33.6 Å². The number of ether oxygens (including phenoxy) is 1. The Morgan fingerprint density at radius 3 is 2.85 bits per heavy atom. The summed E-state index contributed by atoms with van der Waals surface area (Å²) < 4.78 is 10.6. The fourth-order valence-electron chi connectivity index (χ4n) is 3.30. The lowest BCUT2D eigenvalue weighted by Crippen LogP contribution is -2.21. The highest BCUT2D eigenvalue weighted by atomic mass is 16.5. The Hall–Kier alpha value is -3.15. The van der Waals surface area contributed by atoms with Crippen LogP contribution < -0.4 is 5.32 Å². The molecule has 1 N–H and O–H groups in total. The molecule has 0 spiro atoms. The van der Waals surface area contributed by atoms with Crippen molar-refractivity contribution in [3.63, 3.8) is 0 Å². The summed E-state index contributed by atoms with van der Waals surface area (Å²) >= 11 is 0. The second kappa shape index (κ2) is 7.61. The number of oxazole rings is 1. The van der Waals surface area contributed by atoms with Gasteiger partial charge in [0.05, 0.1) is 6.42 Å². The maximum Gasteiger partial charge on any atom is 0.306 e. The van der Waals surface area contributed by atoms with Gasteiger partial charge in [0.2, 0.25) is 0 Å². The number of para-hydroxylation sites is 2. The number of benzene rings is 2. The quantitative estimate of drug-likeness (QED) is 0.678. The summed E-state index contributed by atoms with van der Waals surface area (Å²) in [6.45, 7) is -0.302. The lowest BCUT2D eigenvalue weighted by molar-refractivity contribution is -0.147. The first-order valence-corrected chi connectivity index (χ1v) is 9.09. The predicted molar refractivity (Wildman–Crippen MR) is 100 cm³/mol. The van der Waals surface area contributed by atoms with Crippen molar-refractivity contribution >= 4 is 28.7 Å². The van der Waals surface area contributed by atoms with E-state index >= 15 is 0 Å². The maximum atomic E-state index is 12.0. The van der Waals surface area contributed by atoms with Crippen LogP contribution >= 0.6 is 0 Å². The van der Waals surface area contributed by atoms with E-state index in [9.17, 15) is 9.59 Å². The van der Waals surface area contributed by atoms with Crippen LogP contribution in [0.5, 0.6) is 0 Å². The Morgan fingerprint density at radius 1 is 1.11 bits per heavy atom. The second-order valence-corrected chi connectivity index (χ2v) is 6.62. The van der Waals surface area contributed by atoms with Crippen LogP contribution in [0.25, 0.3) is 11.1 Å². The van der Waals surface area contributed by atoms with Gasteiger partial charge in [-0.05, 0) is 54.7 Å². The molecule has 0 bridgehead atoms. The summed E-state index contributed by atoms with van der Waals surface area (Å²) in [5, 5.41) is 2.77. The van der Waals surface area contributed by atoms with E-state index in [0.717, 1.165) is 30.5 Å². The van der Waals surface area contributed by atoms with Crippen LogP contribution in [0.1, 0.15) is 29.9 Å². The van der Waals surface area contributed by atoms with E-state index in [2.05, 4.69) is 10.3 Å². The average molecular weight is 364 g/mol. The Bertz CT molecular complexity index is 960. The van der Waals surface area contributed by atoms with Gasteiger partial charge in [-0.3, -0.25) is 9.59 Å². The van der Waals surface area contributed by atoms with Gasteiger partial charge in [0.25, 0.3) is 5.91 Å². The lowest BCUT2D eigenvalue weighted by atomic mass is 10.1. The summed E-state index contributed by atoms with van der Waals surface area (Å²) in [5.74, 6) is -0.319. The van der Waals surface area contributed by atoms with Crippen molar-refractivity contribution in [3.8, 4) is 0 Å². The zero-order valence-electron chi connectivity index (χ0n) is 14.9. The molecular weight excluding hydrogens is 344 g/mol. The molecule has 4 rings (SSSR count). The van der Waals surface area contributed by atoms with Crippen LogP contribution in [0, 0.1) is 0 Å². The third kappa shape index (κ3) is 4.16. The standard InChI is InChI=1S/C21H20N2O4/c24-19(22-16-9-8-14-4-3-5-15(14)12-16)13-26-21(25)11-10-20-23-17-6-1-2-7-18(17)27-20/h1-2,6-9,12H,3-5,10-11,13H2,(H,22,24). The number of hydrogen-bond acceptors (Lipinski definition) is 5. The largest absolute Gasteiger partial charge is 0.456 e. The van der Waals surface area contributed by atoms with Crippen LogP contribution in [0.3, 0.4) is 0 Å². The van der Waals surface area contributed by atoms with Gasteiger partial charge < -0.3 is 14.5 Å². The molecule has 0 aliphatic heterocycles. The van der Waals surface area contributed by atoms with E-state index in [0.29, 0.717) is 17.9 Å². The summed E-state index contributed by atoms with van der Waals surface area (Å²) in [6, 6.07) is 13.3. The van der Waals surface area contributed by atoms with Crippen molar-refractivity contribution in [3.05, 3.63) is 59.5 Å². The molecule has 3 aromatic rings. The number of carbonyl (C=O) groups excluding carboxylic acids is 2. The summed E-state index contributed by atoms with van der Waals surface area (Å²) in [4.78, 5) is 28.2. The molecule has 1 aromatic heterocycles.